The molecule has 1 aromatic carbocycles. The van der Waals surface area contributed by atoms with Gasteiger partial charge in [-0.05, 0) is 42.4 Å². The quantitative estimate of drug-likeness (QED) is 0.633. The van der Waals surface area contributed by atoms with Gasteiger partial charge in [-0.1, -0.05) is 46.8 Å². The molecule has 1 aromatic rings. The fraction of sp³-hybridized carbons (Fsp3) is 0.684. The standard InChI is InChI=1S/C19H29ClO/c1-7-19(8-2)16(20)12-17(19)21-15-10-9-14(11-13(15)3)18(4,5)6/h9-11,16-17H,7-8,12H2,1-6H3. The SMILES string of the molecule is CCC1(CC)C(Cl)CC1Oc1ccc(C(C)(C)C)cc1C. The largest absolute Gasteiger partial charge is 0.489 e. The number of halogens is 1. The second-order valence-corrected chi connectivity index (χ2v) is 8.01. The van der Waals surface area contributed by atoms with Crippen molar-refractivity contribution in [2.24, 2.45) is 5.41 Å². The van der Waals surface area contributed by atoms with Crippen molar-refractivity contribution in [3.63, 3.8) is 0 Å². The van der Waals surface area contributed by atoms with E-state index in [4.69, 9.17) is 16.3 Å². The summed E-state index contributed by atoms with van der Waals surface area (Å²) in [6.45, 7) is 13.3. The number of hydrogen-bond acceptors (Lipinski definition) is 1. The molecule has 1 aliphatic carbocycles. The number of aryl methyl sites for hydroxylation is 1. The van der Waals surface area contributed by atoms with E-state index in [0.717, 1.165) is 25.0 Å². The molecular weight excluding hydrogens is 280 g/mol. The summed E-state index contributed by atoms with van der Waals surface area (Å²) in [4.78, 5) is 0. The third-order valence-electron chi connectivity index (χ3n) is 5.31. The topological polar surface area (TPSA) is 9.23 Å². The fourth-order valence-electron chi connectivity index (χ4n) is 3.41. The summed E-state index contributed by atoms with van der Waals surface area (Å²) in [5.74, 6) is 1.02. The molecule has 1 nitrogen and oxygen atoms in total. The van der Waals surface area contributed by atoms with Crippen LogP contribution in [0, 0.1) is 12.3 Å². The van der Waals surface area contributed by atoms with E-state index in [2.05, 4.69) is 59.7 Å². The van der Waals surface area contributed by atoms with Crippen LogP contribution in [-0.2, 0) is 5.41 Å². The molecule has 118 valence electrons. The zero-order valence-corrected chi connectivity index (χ0v) is 15.1. The summed E-state index contributed by atoms with van der Waals surface area (Å²) >= 11 is 6.48. The van der Waals surface area contributed by atoms with Crippen LogP contribution in [0.2, 0.25) is 0 Å². The minimum Gasteiger partial charge on any atom is -0.489 e. The van der Waals surface area contributed by atoms with Gasteiger partial charge >= 0.3 is 0 Å². The van der Waals surface area contributed by atoms with Crippen LogP contribution in [0.1, 0.15) is 65.0 Å². The Hall–Kier alpha value is -0.690. The van der Waals surface area contributed by atoms with Crippen LogP contribution < -0.4 is 4.74 Å². The Balaban J connectivity index is 2.18. The van der Waals surface area contributed by atoms with Crippen molar-refractivity contribution in [3.05, 3.63) is 29.3 Å². The van der Waals surface area contributed by atoms with Crippen molar-refractivity contribution < 1.29 is 4.74 Å². The fourth-order valence-corrected chi connectivity index (χ4v) is 4.02. The van der Waals surface area contributed by atoms with E-state index in [9.17, 15) is 0 Å². The Morgan fingerprint density at radius 1 is 1.24 bits per heavy atom. The molecule has 2 heteroatoms. The van der Waals surface area contributed by atoms with Gasteiger partial charge in [0.1, 0.15) is 11.9 Å². The molecule has 2 atom stereocenters. The number of rotatable bonds is 4. The van der Waals surface area contributed by atoms with Crippen molar-refractivity contribution in [2.45, 2.75) is 77.7 Å². The maximum atomic E-state index is 6.48. The van der Waals surface area contributed by atoms with Gasteiger partial charge in [0.25, 0.3) is 0 Å². The number of ether oxygens (including phenoxy) is 1. The predicted octanol–water partition coefficient (Wildman–Crippen LogP) is 5.86. The van der Waals surface area contributed by atoms with Crippen LogP contribution in [0.25, 0.3) is 0 Å². The molecule has 0 N–H and O–H groups in total. The highest BCUT2D eigenvalue weighted by molar-refractivity contribution is 6.21. The lowest BCUT2D eigenvalue weighted by Crippen LogP contribution is -2.56. The highest BCUT2D eigenvalue weighted by Gasteiger charge is 2.53. The van der Waals surface area contributed by atoms with Crippen LogP contribution in [0.15, 0.2) is 18.2 Å². The van der Waals surface area contributed by atoms with Gasteiger partial charge in [0.2, 0.25) is 0 Å². The predicted molar refractivity (Wildman–Crippen MR) is 91.6 cm³/mol. The Kier molecular flexibility index (Phi) is 4.63. The van der Waals surface area contributed by atoms with Crippen molar-refractivity contribution in [1.82, 2.24) is 0 Å². The summed E-state index contributed by atoms with van der Waals surface area (Å²) in [7, 11) is 0. The Morgan fingerprint density at radius 2 is 1.86 bits per heavy atom. The van der Waals surface area contributed by atoms with E-state index in [1.54, 1.807) is 0 Å². The van der Waals surface area contributed by atoms with Crippen molar-refractivity contribution in [2.75, 3.05) is 0 Å². The molecule has 0 aliphatic heterocycles. The maximum Gasteiger partial charge on any atom is 0.122 e. The molecule has 1 aliphatic rings. The van der Waals surface area contributed by atoms with E-state index in [1.165, 1.54) is 11.1 Å². The van der Waals surface area contributed by atoms with Gasteiger partial charge in [-0.2, -0.15) is 0 Å². The molecule has 0 heterocycles. The van der Waals surface area contributed by atoms with E-state index in [1.807, 2.05) is 0 Å². The monoisotopic (exact) mass is 308 g/mol. The Bertz CT molecular complexity index is 497. The highest BCUT2D eigenvalue weighted by Crippen LogP contribution is 2.52. The van der Waals surface area contributed by atoms with Gasteiger partial charge in [0, 0.05) is 17.2 Å². The molecule has 1 saturated carbocycles. The van der Waals surface area contributed by atoms with Crippen molar-refractivity contribution in [3.8, 4) is 5.75 Å². The van der Waals surface area contributed by atoms with E-state index < -0.39 is 0 Å². The second kappa shape index (κ2) is 5.83. The lowest BCUT2D eigenvalue weighted by Gasteiger charge is -2.52. The van der Waals surface area contributed by atoms with Crippen molar-refractivity contribution in [1.29, 1.82) is 0 Å². The zero-order chi connectivity index (χ0) is 15.8. The van der Waals surface area contributed by atoms with Gasteiger partial charge in [-0.25, -0.2) is 0 Å². The van der Waals surface area contributed by atoms with Gasteiger partial charge in [0.05, 0.1) is 0 Å². The van der Waals surface area contributed by atoms with E-state index >= 15 is 0 Å². The average Bonchev–Trinajstić information content (AvgIpc) is 2.40. The molecule has 0 bridgehead atoms. The van der Waals surface area contributed by atoms with Gasteiger partial charge in [-0.3, -0.25) is 0 Å². The molecule has 0 amide bonds. The minimum absolute atomic E-state index is 0.149. The van der Waals surface area contributed by atoms with E-state index in [0.29, 0.717) is 0 Å². The van der Waals surface area contributed by atoms with Gasteiger partial charge in [0.15, 0.2) is 0 Å². The normalized spacial score (nSPS) is 24.5. The first-order valence-electron chi connectivity index (χ1n) is 8.16. The van der Waals surface area contributed by atoms with Gasteiger partial charge < -0.3 is 4.74 Å². The lowest BCUT2D eigenvalue weighted by molar-refractivity contribution is -0.0465. The van der Waals surface area contributed by atoms with Crippen molar-refractivity contribution >= 4 is 11.6 Å². The maximum absolute atomic E-state index is 6.48. The van der Waals surface area contributed by atoms with Crippen LogP contribution in [0.4, 0.5) is 0 Å². The smallest absolute Gasteiger partial charge is 0.122 e. The van der Waals surface area contributed by atoms with Crippen LogP contribution in [0.3, 0.4) is 0 Å². The van der Waals surface area contributed by atoms with E-state index in [-0.39, 0.29) is 22.3 Å². The average molecular weight is 309 g/mol. The summed E-state index contributed by atoms with van der Waals surface area (Å²) in [6, 6.07) is 6.58. The van der Waals surface area contributed by atoms with Crippen LogP contribution in [-0.4, -0.2) is 11.5 Å². The molecular formula is C19H29ClO. The zero-order valence-electron chi connectivity index (χ0n) is 14.3. The second-order valence-electron chi connectivity index (χ2n) is 7.48. The third kappa shape index (κ3) is 2.95. The Morgan fingerprint density at radius 3 is 2.29 bits per heavy atom. The number of alkyl halides is 1. The summed E-state index contributed by atoms with van der Waals surface area (Å²) in [5.41, 5.74) is 2.91. The van der Waals surface area contributed by atoms with Crippen LogP contribution in [0.5, 0.6) is 5.75 Å². The molecule has 1 fully saturated rings. The summed E-state index contributed by atoms with van der Waals surface area (Å²) in [6.07, 6.45) is 3.39. The first-order valence-corrected chi connectivity index (χ1v) is 8.60. The van der Waals surface area contributed by atoms with Gasteiger partial charge in [-0.15, -0.1) is 11.6 Å². The lowest BCUT2D eigenvalue weighted by atomic mass is 9.62. The Labute approximate surface area is 135 Å². The first-order chi connectivity index (χ1) is 9.74. The number of hydrogen-bond donors (Lipinski definition) is 0. The molecule has 2 rings (SSSR count). The third-order valence-corrected chi connectivity index (χ3v) is 5.93. The molecule has 21 heavy (non-hydrogen) atoms. The molecule has 0 radical (unpaired) electrons. The molecule has 0 saturated heterocycles. The first kappa shape index (κ1) is 16.7. The number of benzene rings is 1. The molecule has 2 unspecified atom stereocenters. The minimum atomic E-state index is 0.149. The summed E-state index contributed by atoms with van der Waals surface area (Å²) in [5, 5.41) is 0.256. The van der Waals surface area contributed by atoms with Crippen LogP contribution >= 0.6 is 11.6 Å². The molecule has 0 aromatic heterocycles. The highest BCUT2D eigenvalue weighted by atomic mass is 35.5. The molecule has 0 spiro atoms. The summed E-state index contributed by atoms with van der Waals surface area (Å²) < 4.78 is 6.33.